The highest BCUT2D eigenvalue weighted by molar-refractivity contribution is 6.12. The number of fused-ring (bicyclic) bond motifs is 6. The van der Waals surface area contributed by atoms with Gasteiger partial charge in [-0.25, -0.2) is 9.83 Å². The van der Waals surface area contributed by atoms with Crippen LogP contribution in [0.5, 0.6) is 0 Å². The highest BCUT2D eigenvalue weighted by atomic mass is 15.1. The highest BCUT2D eigenvalue weighted by Gasteiger charge is 2.20. The van der Waals surface area contributed by atoms with Crippen LogP contribution in [0.25, 0.3) is 93.3 Å². The molecule has 0 aliphatic rings. The number of pyridine rings is 1. The normalized spacial score (nSPS) is 11.5. The molecule has 3 aromatic heterocycles. The Morgan fingerprint density at radius 1 is 0.444 bits per heavy atom. The lowest BCUT2D eigenvalue weighted by atomic mass is 9.99. The van der Waals surface area contributed by atoms with Gasteiger partial charge in [-0.3, -0.25) is 4.57 Å². The van der Waals surface area contributed by atoms with Gasteiger partial charge in [0.1, 0.15) is 5.82 Å². The first-order chi connectivity index (χ1) is 26.6. The van der Waals surface area contributed by atoms with Gasteiger partial charge in [0.15, 0.2) is 5.69 Å². The molecule has 3 heterocycles. The van der Waals surface area contributed by atoms with Crippen LogP contribution < -0.4 is 0 Å². The summed E-state index contributed by atoms with van der Waals surface area (Å²) in [5.41, 5.74) is 15.3. The minimum absolute atomic E-state index is 0.600. The Kier molecular flexibility index (Phi) is 7.28. The van der Waals surface area contributed by atoms with Gasteiger partial charge in [-0.05, 0) is 101 Å². The number of para-hydroxylation sites is 2. The minimum atomic E-state index is 0.600. The van der Waals surface area contributed by atoms with Crippen molar-refractivity contribution in [1.29, 1.82) is 0 Å². The van der Waals surface area contributed by atoms with E-state index in [1.165, 1.54) is 54.9 Å². The molecule has 0 aliphatic carbocycles. The summed E-state index contributed by atoms with van der Waals surface area (Å²) < 4.78 is 4.61. The van der Waals surface area contributed by atoms with Crippen molar-refractivity contribution in [2.75, 3.05) is 0 Å². The lowest BCUT2D eigenvalue weighted by molar-refractivity contribution is 1.06. The summed E-state index contributed by atoms with van der Waals surface area (Å²) in [4.78, 5) is 9.08. The van der Waals surface area contributed by atoms with Gasteiger partial charge in [0.05, 0.1) is 40.5 Å². The molecule has 54 heavy (non-hydrogen) atoms. The van der Waals surface area contributed by atoms with E-state index in [-0.39, 0.29) is 0 Å². The smallest absolute Gasteiger partial charge is 0.187 e. The van der Waals surface area contributed by atoms with E-state index in [1.807, 2.05) is 24.4 Å². The summed E-state index contributed by atoms with van der Waals surface area (Å²) in [5, 5.41) is 4.72. The van der Waals surface area contributed by atoms with Crippen LogP contribution in [0.4, 0.5) is 5.69 Å². The number of aryl methyl sites for hydroxylation is 2. The van der Waals surface area contributed by atoms with Crippen LogP contribution >= 0.6 is 0 Å². The third-order valence-corrected chi connectivity index (χ3v) is 10.9. The molecular weight excluding hydrogens is 657 g/mol. The van der Waals surface area contributed by atoms with Crippen LogP contribution in [0.3, 0.4) is 0 Å². The first kappa shape index (κ1) is 31.5. The highest BCUT2D eigenvalue weighted by Crippen LogP contribution is 2.41. The molecule has 0 saturated carbocycles. The lowest BCUT2D eigenvalue weighted by Gasteiger charge is -2.17. The molecule has 4 nitrogen and oxygen atoms in total. The molecule has 4 heteroatoms. The Morgan fingerprint density at radius 2 is 0.963 bits per heavy atom. The zero-order valence-corrected chi connectivity index (χ0v) is 30.0. The summed E-state index contributed by atoms with van der Waals surface area (Å²) in [7, 11) is 0. The van der Waals surface area contributed by atoms with Crippen LogP contribution in [0.15, 0.2) is 170 Å². The van der Waals surface area contributed by atoms with E-state index in [1.54, 1.807) is 0 Å². The number of aromatic nitrogens is 3. The Morgan fingerprint density at radius 3 is 1.57 bits per heavy atom. The van der Waals surface area contributed by atoms with Crippen molar-refractivity contribution in [2.24, 2.45) is 0 Å². The fraction of sp³-hybridized carbons (Fsp3) is 0.0400. The van der Waals surface area contributed by atoms with Crippen molar-refractivity contribution < 1.29 is 0 Å². The van der Waals surface area contributed by atoms with Crippen LogP contribution in [0.2, 0.25) is 0 Å². The van der Waals surface area contributed by atoms with Gasteiger partial charge in [-0.1, -0.05) is 115 Å². The number of rotatable bonds is 5. The van der Waals surface area contributed by atoms with Crippen molar-refractivity contribution >= 4 is 49.3 Å². The quantitative estimate of drug-likeness (QED) is 0.165. The topological polar surface area (TPSA) is 27.1 Å². The van der Waals surface area contributed by atoms with Crippen molar-refractivity contribution in [1.82, 2.24) is 14.1 Å². The van der Waals surface area contributed by atoms with Gasteiger partial charge in [-0.15, -0.1) is 0 Å². The number of benzene rings is 7. The second-order valence-electron chi connectivity index (χ2n) is 14.0. The minimum Gasteiger partial charge on any atom is -0.307 e. The van der Waals surface area contributed by atoms with Gasteiger partial charge in [0.25, 0.3) is 0 Å². The van der Waals surface area contributed by atoms with Crippen molar-refractivity contribution in [2.45, 2.75) is 13.8 Å². The molecule has 0 aliphatic heterocycles. The van der Waals surface area contributed by atoms with E-state index in [0.717, 1.165) is 44.7 Å². The fourth-order valence-electron chi connectivity index (χ4n) is 8.29. The lowest BCUT2D eigenvalue weighted by Crippen LogP contribution is -2.03. The number of nitrogens with zero attached hydrogens (tertiary/aromatic N) is 4. The summed E-state index contributed by atoms with van der Waals surface area (Å²) in [6.45, 7) is 12.2. The van der Waals surface area contributed by atoms with E-state index in [4.69, 9.17) is 11.6 Å². The van der Waals surface area contributed by atoms with Gasteiger partial charge < -0.3 is 4.57 Å². The largest absolute Gasteiger partial charge is 0.307 e. The molecule has 10 rings (SSSR count). The third-order valence-electron chi connectivity index (χ3n) is 10.9. The summed E-state index contributed by atoms with van der Waals surface area (Å²) in [6.07, 6.45) is 2.01. The third kappa shape index (κ3) is 4.94. The molecule has 7 aromatic carbocycles. The van der Waals surface area contributed by atoms with Crippen molar-refractivity contribution in [3.8, 4) is 44.9 Å². The monoisotopic (exact) mass is 690 g/mol. The standard InChI is InChI=1S/C50H34N4/c1-32-13-4-6-17-38(32)35-23-25-47-43(28-35)40-19-8-10-21-45(40)53(47)49-31-52-50(30-42(49)34-15-12-16-37(27-34)51-3)54-46-22-11-9-20-41(46)44-29-36(24-26-48(44)54)39-18-7-5-14-33(39)2/h4-31H,1-2H3. The van der Waals surface area contributed by atoms with E-state index in [9.17, 15) is 0 Å². The first-order valence-electron chi connectivity index (χ1n) is 18.2. The maximum Gasteiger partial charge on any atom is 0.187 e. The van der Waals surface area contributed by atoms with Crippen LogP contribution in [-0.4, -0.2) is 14.1 Å². The van der Waals surface area contributed by atoms with Crippen molar-refractivity contribution in [3.05, 3.63) is 193 Å². The second kappa shape index (κ2) is 12.5. The second-order valence-corrected chi connectivity index (χ2v) is 14.0. The molecule has 0 spiro atoms. The van der Waals surface area contributed by atoms with Crippen LogP contribution in [-0.2, 0) is 0 Å². The van der Waals surface area contributed by atoms with Gasteiger partial charge >= 0.3 is 0 Å². The molecule has 0 atom stereocenters. The van der Waals surface area contributed by atoms with E-state index in [0.29, 0.717) is 5.69 Å². The molecule has 10 aromatic rings. The molecule has 0 N–H and O–H groups in total. The van der Waals surface area contributed by atoms with Crippen molar-refractivity contribution in [3.63, 3.8) is 0 Å². The maximum absolute atomic E-state index is 7.85. The van der Waals surface area contributed by atoms with Crippen LogP contribution in [0.1, 0.15) is 11.1 Å². The molecular formula is C50H34N4. The molecule has 0 unspecified atom stereocenters. The summed E-state index contributed by atoms with van der Waals surface area (Å²) in [6, 6.07) is 58.0. The van der Waals surface area contributed by atoms with E-state index < -0.39 is 0 Å². The molecule has 0 radical (unpaired) electrons. The zero-order valence-electron chi connectivity index (χ0n) is 30.0. The first-order valence-corrected chi connectivity index (χ1v) is 18.2. The summed E-state index contributed by atoms with van der Waals surface area (Å²) >= 11 is 0. The number of hydrogen-bond donors (Lipinski definition) is 0. The predicted octanol–water partition coefficient (Wildman–Crippen LogP) is 13.4. The Balaban J connectivity index is 1.23. The molecule has 0 bridgehead atoms. The average Bonchev–Trinajstić information content (AvgIpc) is 3.73. The average molecular weight is 691 g/mol. The van der Waals surface area contributed by atoms with Gasteiger partial charge in [-0.2, -0.15) is 0 Å². The zero-order chi connectivity index (χ0) is 36.3. The fourth-order valence-corrected chi connectivity index (χ4v) is 8.29. The van der Waals surface area contributed by atoms with Gasteiger partial charge in [0.2, 0.25) is 0 Å². The molecule has 0 saturated heterocycles. The Labute approximate surface area is 313 Å². The van der Waals surface area contributed by atoms with E-state index >= 15 is 0 Å². The van der Waals surface area contributed by atoms with Crippen LogP contribution in [0, 0.1) is 20.4 Å². The maximum atomic E-state index is 7.85. The molecule has 0 fully saturated rings. The summed E-state index contributed by atoms with van der Waals surface area (Å²) in [5.74, 6) is 0.819. The Bertz CT molecular complexity index is 3150. The predicted molar refractivity (Wildman–Crippen MR) is 225 cm³/mol. The molecule has 254 valence electrons. The van der Waals surface area contributed by atoms with E-state index in [2.05, 4.69) is 173 Å². The Hall–Kier alpha value is -7.22. The number of hydrogen-bond acceptors (Lipinski definition) is 1. The molecule has 0 amide bonds. The van der Waals surface area contributed by atoms with Gasteiger partial charge in [0, 0.05) is 27.1 Å². The SMILES string of the molecule is [C-]#[N+]c1cccc(-c2cc(-n3c4ccccc4c4cc(-c5ccccc5C)ccc43)ncc2-n2c3ccccc3c3cc(-c4ccccc4C)ccc32)c1.